The van der Waals surface area contributed by atoms with Crippen LogP contribution in [0.4, 0.5) is 5.95 Å². The van der Waals surface area contributed by atoms with Crippen LogP contribution in [-0.4, -0.2) is 73.8 Å². The van der Waals surface area contributed by atoms with Crippen molar-refractivity contribution in [3.05, 3.63) is 54.4 Å². The van der Waals surface area contributed by atoms with Gasteiger partial charge in [0.2, 0.25) is 5.95 Å². The van der Waals surface area contributed by atoms with Crippen LogP contribution < -0.4 is 10.2 Å². The Labute approximate surface area is 173 Å². The molecule has 0 atom stereocenters. The van der Waals surface area contributed by atoms with Gasteiger partial charge in [-0.3, -0.25) is 4.99 Å². The number of guanidine groups is 1. The summed E-state index contributed by atoms with van der Waals surface area (Å²) in [5.74, 6) is 1.78. The number of benzene rings is 1. The first-order chi connectivity index (χ1) is 14.4. The molecule has 0 amide bonds. The van der Waals surface area contributed by atoms with Crippen LogP contribution in [0.2, 0.25) is 0 Å². The SMILES string of the molecule is CN=C(NCCCCOCCc1ccccc1)N1CCN(c2ncccn2)CC1. The van der Waals surface area contributed by atoms with E-state index in [1.54, 1.807) is 12.4 Å². The molecule has 2 aromatic rings. The summed E-state index contributed by atoms with van der Waals surface area (Å²) < 4.78 is 5.76. The highest BCUT2D eigenvalue weighted by molar-refractivity contribution is 5.80. The van der Waals surface area contributed by atoms with Gasteiger partial charge < -0.3 is 19.9 Å². The fraction of sp³-hybridized carbons (Fsp3) is 0.500. The maximum absolute atomic E-state index is 5.76. The first-order valence-electron chi connectivity index (χ1n) is 10.5. The molecule has 1 saturated heterocycles. The molecule has 1 aliphatic heterocycles. The number of piperazine rings is 1. The van der Waals surface area contributed by atoms with E-state index < -0.39 is 0 Å². The smallest absolute Gasteiger partial charge is 0.225 e. The van der Waals surface area contributed by atoms with E-state index in [0.717, 1.165) is 77.1 Å². The second kappa shape index (κ2) is 12.0. The van der Waals surface area contributed by atoms with Crippen LogP contribution >= 0.6 is 0 Å². The van der Waals surface area contributed by atoms with Crippen LogP contribution in [0.3, 0.4) is 0 Å². The first kappa shape index (κ1) is 21.0. The zero-order valence-electron chi connectivity index (χ0n) is 17.3. The maximum atomic E-state index is 5.76. The number of anilines is 1. The summed E-state index contributed by atoms with van der Waals surface area (Å²) in [4.78, 5) is 17.6. The largest absolute Gasteiger partial charge is 0.381 e. The first-order valence-corrected chi connectivity index (χ1v) is 10.5. The number of aliphatic imine (C=N–C) groups is 1. The van der Waals surface area contributed by atoms with E-state index in [9.17, 15) is 0 Å². The third kappa shape index (κ3) is 7.02. The molecule has 1 aromatic heterocycles. The summed E-state index contributed by atoms with van der Waals surface area (Å²) >= 11 is 0. The predicted octanol–water partition coefficient (Wildman–Crippen LogP) is 2.21. The molecule has 29 heavy (non-hydrogen) atoms. The summed E-state index contributed by atoms with van der Waals surface area (Å²) in [7, 11) is 1.85. The summed E-state index contributed by atoms with van der Waals surface area (Å²) in [6, 6.07) is 12.3. The lowest BCUT2D eigenvalue weighted by atomic mass is 10.2. The third-order valence-corrected chi connectivity index (χ3v) is 5.00. The zero-order valence-corrected chi connectivity index (χ0v) is 17.3. The summed E-state index contributed by atoms with van der Waals surface area (Å²) in [6.45, 7) is 6.15. The molecule has 0 spiro atoms. The van der Waals surface area contributed by atoms with Gasteiger partial charge in [0.05, 0.1) is 6.61 Å². The van der Waals surface area contributed by atoms with Gasteiger partial charge >= 0.3 is 0 Å². The standard InChI is InChI=1S/C22H32N6O/c1-23-21(27-14-16-28(17-15-27)22-25-12-7-13-26-22)24-11-5-6-18-29-19-10-20-8-3-2-4-9-20/h2-4,7-9,12-13H,5-6,10-11,14-19H2,1H3,(H,23,24). The molecular formula is C22H32N6O. The Hall–Kier alpha value is -2.67. The molecule has 1 N–H and O–H groups in total. The van der Waals surface area contributed by atoms with Crippen molar-refractivity contribution in [3.63, 3.8) is 0 Å². The van der Waals surface area contributed by atoms with Gasteiger partial charge in [-0.1, -0.05) is 30.3 Å². The van der Waals surface area contributed by atoms with Gasteiger partial charge in [-0.05, 0) is 30.9 Å². The summed E-state index contributed by atoms with van der Waals surface area (Å²) in [5.41, 5.74) is 1.33. The third-order valence-electron chi connectivity index (χ3n) is 5.00. The number of unbranched alkanes of at least 4 members (excludes halogenated alkanes) is 1. The molecule has 7 nitrogen and oxygen atoms in total. The molecule has 0 unspecified atom stereocenters. The molecule has 7 heteroatoms. The Morgan fingerprint density at radius 2 is 1.76 bits per heavy atom. The minimum absolute atomic E-state index is 0.786. The lowest BCUT2D eigenvalue weighted by Crippen LogP contribution is -2.53. The van der Waals surface area contributed by atoms with Crippen molar-refractivity contribution < 1.29 is 4.74 Å². The van der Waals surface area contributed by atoms with Crippen LogP contribution in [0.1, 0.15) is 18.4 Å². The van der Waals surface area contributed by atoms with E-state index in [1.165, 1.54) is 5.56 Å². The number of aromatic nitrogens is 2. The molecule has 0 bridgehead atoms. The second-order valence-electron chi connectivity index (χ2n) is 7.05. The average Bonchev–Trinajstić information content (AvgIpc) is 2.80. The molecule has 0 saturated carbocycles. The predicted molar refractivity (Wildman–Crippen MR) is 117 cm³/mol. The Bertz CT molecular complexity index is 717. The number of nitrogens with one attached hydrogen (secondary N) is 1. The Morgan fingerprint density at radius 1 is 1.00 bits per heavy atom. The van der Waals surface area contributed by atoms with Crippen molar-refractivity contribution in [2.75, 3.05) is 57.9 Å². The quantitative estimate of drug-likeness (QED) is 0.398. The maximum Gasteiger partial charge on any atom is 0.225 e. The highest BCUT2D eigenvalue weighted by Gasteiger charge is 2.20. The van der Waals surface area contributed by atoms with Gasteiger partial charge in [0.1, 0.15) is 0 Å². The van der Waals surface area contributed by atoms with Gasteiger partial charge in [0.15, 0.2) is 5.96 Å². The lowest BCUT2D eigenvalue weighted by molar-refractivity contribution is 0.133. The molecule has 1 aliphatic rings. The normalized spacial score (nSPS) is 14.9. The number of hydrogen-bond acceptors (Lipinski definition) is 5. The number of nitrogens with zero attached hydrogens (tertiary/aromatic N) is 5. The van der Waals surface area contributed by atoms with Gasteiger partial charge in [0, 0.05) is 58.8 Å². The van der Waals surface area contributed by atoms with Crippen LogP contribution in [0, 0.1) is 0 Å². The molecule has 3 rings (SSSR count). The highest BCUT2D eigenvalue weighted by Crippen LogP contribution is 2.09. The second-order valence-corrected chi connectivity index (χ2v) is 7.05. The van der Waals surface area contributed by atoms with E-state index >= 15 is 0 Å². The van der Waals surface area contributed by atoms with E-state index in [0.29, 0.717) is 0 Å². The number of rotatable bonds is 9. The summed E-state index contributed by atoms with van der Waals surface area (Å²) in [6.07, 6.45) is 6.69. The molecule has 156 valence electrons. The molecular weight excluding hydrogens is 364 g/mol. The number of hydrogen-bond donors (Lipinski definition) is 1. The van der Waals surface area contributed by atoms with E-state index in [4.69, 9.17) is 4.74 Å². The van der Waals surface area contributed by atoms with Crippen LogP contribution in [0.5, 0.6) is 0 Å². The molecule has 0 radical (unpaired) electrons. The Kier molecular flexibility index (Phi) is 8.72. The van der Waals surface area contributed by atoms with Gasteiger partial charge in [-0.25, -0.2) is 9.97 Å². The van der Waals surface area contributed by atoms with Crippen LogP contribution in [0.15, 0.2) is 53.8 Å². The lowest BCUT2D eigenvalue weighted by Gasteiger charge is -2.36. The van der Waals surface area contributed by atoms with Crippen molar-refractivity contribution in [1.29, 1.82) is 0 Å². The fourth-order valence-corrected chi connectivity index (χ4v) is 3.37. The average molecular weight is 397 g/mol. The molecule has 0 aliphatic carbocycles. The van der Waals surface area contributed by atoms with E-state index in [1.807, 2.05) is 19.2 Å². The topological polar surface area (TPSA) is 65.9 Å². The van der Waals surface area contributed by atoms with E-state index in [-0.39, 0.29) is 0 Å². The van der Waals surface area contributed by atoms with Gasteiger partial charge in [0.25, 0.3) is 0 Å². The minimum Gasteiger partial charge on any atom is -0.381 e. The fourth-order valence-electron chi connectivity index (χ4n) is 3.37. The van der Waals surface area contributed by atoms with Gasteiger partial charge in [-0.15, -0.1) is 0 Å². The van der Waals surface area contributed by atoms with Crippen molar-refractivity contribution in [1.82, 2.24) is 20.2 Å². The Morgan fingerprint density at radius 3 is 2.48 bits per heavy atom. The van der Waals surface area contributed by atoms with Crippen molar-refractivity contribution >= 4 is 11.9 Å². The summed E-state index contributed by atoms with van der Waals surface area (Å²) in [5, 5.41) is 3.48. The number of ether oxygens (including phenoxy) is 1. The van der Waals surface area contributed by atoms with E-state index in [2.05, 4.69) is 54.3 Å². The molecule has 2 heterocycles. The monoisotopic (exact) mass is 396 g/mol. The highest BCUT2D eigenvalue weighted by atomic mass is 16.5. The van der Waals surface area contributed by atoms with Crippen molar-refractivity contribution in [2.24, 2.45) is 4.99 Å². The van der Waals surface area contributed by atoms with Crippen molar-refractivity contribution in [2.45, 2.75) is 19.3 Å². The Balaban J connectivity index is 1.25. The van der Waals surface area contributed by atoms with Gasteiger partial charge in [-0.2, -0.15) is 0 Å². The van der Waals surface area contributed by atoms with Crippen LogP contribution in [-0.2, 0) is 11.2 Å². The molecule has 1 fully saturated rings. The minimum atomic E-state index is 0.786. The van der Waals surface area contributed by atoms with Crippen LogP contribution in [0.25, 0.3) is 0 Å². The molecule has 1 aromatic carbocycles. The zero-order chi connectivity index (χ0) is 20.2. The van der Waals surface area contributed by atoms with Crippen molar-refractivity contribution in [3.8, 4) is 0 Å².